The lowest BCUT2D eigenvalue weighted by atomic mass is 9.65. The molecule has 100 valence electrons. The lowest BCUT2D eigenvalue weighted by Gasteiger charge is -2.48. The Kier molecular flexibility index (Phi) is 3.08. The Bertz CT molecular complexity index is 560. The van der Waals surface area contributed by atoms with Crippen LogP contribution in [0.3, 0.4) is 0 Å². The molecule has 1 aromatic rings. The summed E-state index contributed by atoms with van der Waals surface area (Å²) in [6.07, 6.45) is 0.288. The number of rotatable bonds is 4. The molecule has 1 heterocycles. The second-order valence-electron chi connectivity index (χ2n) is 5.02. The maximum atomic E-state index is 12.0. The van der Waals surface area contributed by atoms with Crippen LogP contribution in [0.5, 0.6) is 0 Å². The number of aliphatic hydroxyl groups excluding tert-OH is 1. The van der Waals surface area contributed by atoms with Crippen molar-refractivity contribution in [3.05, 3.63) is 17.9 Å². The summed E-state index contributed by atoms with van der Waals surface area (Å²) in [7, 11) is -3.79. The fraction of sp³-hybridized carbons (Fsp3) is 0.545. The average Bonchev–Trinajstić information content (AvgIpc) is 2.77. The molecular weight excluding hydrogens is 258 g/mol. The molecule has 0 aromatic carbocycles. The van der Waals surface area contributed by atoms with Gasteiger partial charge in [0, 0.05) is 11.5 Å². The van der Waals surface area contributed by atoms with Gasteiger partial charge in [-0.15, -0.1) is 0 Å². The molecule has 0 bridgehead atoms. The molecule has 1 saturated carbocycles. The first-order valence-electron chi connectivity index (χ1n) is 5.53. The summed E-state index contributed by atoms with van der Waals surface area (Å²) in [4.78, 5) is 10.4. The molecule has 6 nitrogen and oxygen atoms in total. The van der Waals surface area contributed by atoms with E-state index in [1.807, 2.05) is 0 Å². The fourth-order valence-electron chi connectivity index (χ4n) is 1.89. The van der Waals surface area contributed by atoms with Crippen LogP contribution in [-0.2, 0) is 10.0 Å². The van der Waals surface area contributed by atoms with Gasteiger partial charge in [-0.1, -0.05) is 13.8 Å². The van der Waals surface area contributed by atoms with Crippen molar-refractivity contribution >= 4 is 16.3 Å². The SMILES string of the molecule is CC1(C)C(O)CC1NS(=O)(=O)c1ccc(C=O)o1. The molecule has 2 N–H and O–H groups in total. The number of aliphatic hydroxyl groups is 1. The van der Waals surface area contributed by atoms with Gasteiger partial charge >= 0.3 is 0 Å². The van der Waals surface area contributed by atoms with Crippen molar-refractivity contribution in [3.63, 3.8) is 0 Å². The summed E-state index contributed by atoms with van der Waals surface area (Å²) in [5.74, 6) is -0.0386. The summed E-state index contributed by atoms with van der Waals surface area (Å²) >= 11 is 0. The van der Waals surface area contributed by atoms with Crippen molar-refractivity contribution in [1.29, 1.82) is 0 Å². The second kappa shape index (κ2) is 4.18. The molecule has 18 heavy (non-hydrogen) atoms. The minimum atomic E-state index is -3.79. The third kappa shape index (κ3) is 2.09. The van der Waals surface area contributed by atoms with Gasteiger partial charge in [-0.25, -0.2) is 13.1 Å². The van der Waals surface area contributed by atoms with Crippen LogP contribution in [0.25, 0.3) is 0 Å². The van der Waals surface area contributed by atoms with Crippen LogP contribution >= 0.6 is 0 Å². The van der Waals surface area contributed by atoms with Gasteiger partial charge in [0.25, 0.3) is 10.0 Å². The third-order valence-electron chi connectivity index (χ3n) is 3.50. The molecule has 0 spiro atoms. The number of carbonyl (C=O) groups is 1. The molecular formula is C11H15NO5S. The Morgan fingerprint density at radius 1 is 1.50 bits per heavy atom. The minimum Gasteiger partial charge on any atom is -0.440 e. The van der Waals surface area contributed by atoms with Crippen LogP contribution in [0.4, 0.5) is 0 Å². The zero-order valence-electron chi connectivity index (χ0n) is 10.1. The van der Waals surface area contributed by atoms with E-state index in [2.05, 4.69) is 4.72 Å². The molecule has 1 fully saturated rings. The molecule has 1 aliphatic rings. The highest BCUT2D eigenvalue weighted by Gasteiger charge is 2.49. The molecule has 2 unspecified atom stereocenters. The van der Waals surface area contributed by atoms with Crippen molar-refractivity contribution in [2.75, 3.05) is 0 Å². The van der Waals surface area contributed by atoms with E-state index in [-0.39, 0.29) is 16.9 Å². The van der Waals surface area contributed by atoms with Crippen molar-refractivity contribution in [2.24, 2.45) is 5.41 Å². The summed E-state index contributed by atoms with van der Waals surface area (Å²) in [5, 5.41) is 9.26. The topological polar surface area (TPSA) is 96.6 Å². The van der Waals surface area contributed by atoms with Gasteiger partial charge in [0.15, 0.2) is 12.0 Å². The Hall–Kier alpha value is -1.18. The molecule has 0 saturated heterocycles. The van der Waals surface area contributed by atoms with Crippen molar-refractivity contribution in [2.45, 2.75) is 37.5 Å². The van der Waals surface area contributed by atoms with Crippen LogP contribution in [0.1, 0.15) is 30.8 Å². The molecule has 0 amide bonds. The summed E-state index contributed by atoms with van der Waals surface area (Å²) in [6, 6.07) is 2.18. The Labute approximate surface area is 105 Å². The van der Waals surface area contributed by atoms with Crippen molar-refractivity contribution < 1.29 is 22.7 Å². The first kappa shape index (κ1) is 13.3. The quantitative estimate of drug-likeness (QED) is 0.780. The molecule has 0 radical (unpaired) electrons. The number of carbonyl (C=O) groups excluding carboxylic acids is 1. The zero-order chi connectivity index (χ0) is 13.6. The van der Waals surface area contributed by atoms with Crippen LogP contribution in [0, 0.1) is 5.41 Å². The standard InChI is InChI=1S/C11H15NO5S/c1-11(2)8(5-9(11)14)12-18(15,16)10-4-3-7(6-13)17-10/h3-4,6,8-9,12,14H,5H2,1-2H3. The minimum absolute atomic E-state index is 0.0386. The molecule has 1 aromatic heterocycles. The predicted molar refractivity (Wildman–Crippen MR) is 62.6 cm³/mol. The van der Waals surface area contributed by atoms with E-state index in [1.165, 1.54) is 12.1 Å². The molecule has 0 aliphatic heterocycles. The van der Waals surface area contributed by atoms with Gasteiger partial charge in [0.1, 0.15) is 0 Å². The van der Waals surface area contributed by atoms with E-state index >= 15 is 0 Å². The van der Waals surface area contributed by atoms with Gasteiger partial charge in [0.2, 0.25) is 5.09 Å². The van der Waals surface area contributed by atoms with Gasteiger partial charge < -0.3 is 9.52 Å². The van der Waals surface area contributed by atoms with E-state index in [4.69, 9.17) is 4.42 Å². The highest BCUT2D eigenvalue weighted by atomic mass is 32.2. The van der Waals surface area contributed by atoms with Crippen molar-refractivity contribution in [1.82, 2.24) is 4.72 Å². The van der Waals surface area contributed by atoms with Gasteiger partial charge in [0.05, 0.1) is 6.10 Å². The number of aldehydes is 1. The number of nitrogens with one attached hydrogen (secondary N) is 1. The summed E-state index contributed by atoms with van der Waals surface area (Å²) < 4.78 is 31.3. The van der Waals surface area contributed by atoms with E-state index in [9.17, 15) is 18.3 Å². The van der Waals surface area contributed by atoms with Gasteiger partial charge in [-0.05, 0) is 18.6 Å². The molecule has 7 heteroatoms. The van der Waals surface area contributed by atoms with Crippen molar-refractivity contribution in [3.8, 4) is 0 Å². The Balaban J connectivity index is 2.16. The van der Waals surface area contributed by atoms with Crippen LogP contribution in [-0.4, -0.2) is 32.0 Å². The van der Waals surface area contributed by atoms with Crippen LogP contribution in [0.2, 0.25) is 0 Å². The number of hydrogen-bond donors (Lipinski definition) is 2. The maximum Gasteiger partial charge on any atom is 0.274 e. The number of sulfonamides is 1. The summed E-state index contributed by atoms with van der Waals surface area (Å²) in [6.45, 7) is 3.57. The monoisotopic (exact) mass is 273 g/mol. The molecule has 1 aliphatic carbocycles. The highest BCUT2D eigenvalue weighted by Crippen LogP contribution is 2.41. The van der Waals surface area contributed by atoms with Crippen LogP contribution in [0.15, 0.2) is 21.6 Å². The Morgan fingerprint density at radius 2 is 2.17 bits per heavy atom. The molecule has 2 atom stereocenters. The van der Waals surface area contributed by atoms with E-state index in [0.717, 1.165) is 0 Å². The third-order valence-corrected chi connectivity index (χ3v) is 4.84. The zero-order valence-corrected chi connectivity index (χ0v) is 10.9. The lowest BCUT2D eigenvalue weighted by Crippen LogP contribution is -2.61. The Morgan fingerprint density at radius 3 is 2.61 bits per heavy atom. The van der Waals surface area contributed by atoms with Gasteiger partial charge in [-0.3, -0.25) is 4.79 Å². The summed E-state index contributed by atoms with van der Waals surface area (Å²) in [5.41, 5.74) is -0.507. The second-order valence-corrected chi connectivity index (χ2v) is 6.67. The van der Waals surface area contributed by atoms with E-state index < -0.39 is 21.5 Å². The highest BCUT2D eigenvalue weighted by molar-refractivity contribution is 7.89. The number of hydrogen-bond acceptors (Lipinski definition) is 5. The largest absolute Gasteiger partial charge is 0.440 e. The van der Waals surface area contributed by atoms with E-state index in [0.29, 0.717) is 12.7 Å². The lowest BCUT2D eigenvalue weighted by molar-refractivity contribution is -0.0646. The first-order chi connectivity index (χ1) is 8.27. The van der Waals surface area contributed by atoms with E-state index in [1.54, 1.807) is 13.8 Å². The fourth-order valence-corrected chi connectivity index (χ4v) is 3.23. The average molecular weight is 273 g/mol. The smallest absolute Gasteiger partial charge is 0.274 e. The first-order valence-corrected chi connectivity index (χ1v) is 7.01. The number of furan rings is 1. The predicted octanol–water partition coefficient (Wildman–Crippen LogP) is 0.530. The normalized spacial score (nSPS) is 26.6. The molecule has 2 rings (SSSR count). The maximum absolute atomic E-state index is 12.0. The van der Waals surface area contributed by atoms with Crippen LogP contribution < -0.4 is 4.72 Å². The van der Waals surface area contributed by atoms with Gasteiger partial charge in [-0.2, -0.15) is 0 Å².